The van der Waals surface area contributed by atoms with Gasteiger partial charge in [0.15, 0.2) is 0 Å². The minimum absolute atomic E-state index is 0.218. The summed E-state index contributed by atoms with van der Waals surface area (Å²) in [6.07, 6.45) is 1.72. The maximum absolute atomic E-state index is 14.4. The van der Waals surface area contributed by atoms with Crippen molar-refractivity contribution in [3.63, 3.8) is 0 Å². The van der Waals surface area contributed by atoms with E-state index in [1.807, 2.05) is 38.3 Å². The van der Waals surface area contributed by atoms with Crippen LogP contribution in [0.1, 0.15) is 44.6 Å². The zero-order chi connectivity index (χ0) is 22.9. The van der Waals surface area contributed by atoms with Crippen molar-refractivity contribution in [1.82, 2.24) is 9.47 Å². The lowest BCUT2D eigenvalue weighted by Gasteiger charge is -2.19. The number of para-hydroxylation sites is 1. The lowest BCUT2D eigenvalue weighted by molar-refractivity contribution is -0.138. The third-order valence-corrected chi connectivity index (χ3v) is 5.40. The van der Waals surface area contributed by atoms with Crippen molar-refractivity contribution in [2.45, 2.75) is 41.5 Å². The van der Waals surface area contributed by atoms with Crippen molar-refractivity contribution in [3.8, 4) is 5.69 Å². The fraction of sp³-hybridized carbons (Fsp3) is 0.360. The largest absolute Gasteiger partial charge is 0.462 e. The molecule has 31 heavy (non-hydrogen) atoms. The summed E-state index contributed by atoms with van der Waals surface area (Å²) in [7, 11) is 0. The Morgan fingerprint density at radius 2 is 1.87 bits per heavy atom. The number of hydrogen-bond donors (Lipinski definition) is 0. The van der Waals surface area contributed by atoms with Crippen molar-refractivity contribution in [1.29, 1.82) is 0 Å². The van der Waals surface area contributed by atoms with E-state index < -0.39 is 5.97 Å². The molecule has 1 aromatic carbocycles. The van der Waals surface area contributed by atoms with Gasteiger partial charge in [-0.05, 0) is 63.5 Å². The second kappa shape index (κ2) is 8.92. The average molecular weight is 425 g/mol. The number of aryl methyl sites for hydroxylation is 1. The van der Waals surface area contributed by atoms with Gasteiger partial charge in [0.25, 0.3) is 5.91 Å². The highest BCUT2D eigenvalue weighted by molar-refractivity contribution is 6.16. The van der Waals surface area contributed by atoms with E-state index in [0.29, 0.717) is 29.1 Å². The second-order valence-corrected chi connectivity index (χ2v) is 8.16. The molecule has 1 amide bonds. The molecule has 0 spiro atoms. The zero-order valence-corrected chi connectivity index (χ0v) is 19.0. The van der Waals surface area contributed by atoms with Crippen LogP contribution in [0.15, 0.2) is 47.2 Å². The number of carbonyl (C=O) groups is 2. The Hall–Kier alpha value is -3.15. The Bertz CT molecular complexity index is 1090. The van der Waals surface area contributed by atoms with Crippen LogP contribution in [-0.4, -0.2) is 34.5 Å². The zero-order valence-electron chi connectivity index (χ0n) is 19.0. The van der Waals surface area contributed by atoms with E-state index in [9.17, 15) is 14.0 Å². The molecule has 2 aromatic rings. The quantitative estimate of drug-likeness (QED) is 0.487. The van der Waals surface area contributed by atoms with E-state index in [-0.39, 0.29) is 24.2 Å². The molecule has 0 aliphatic carbocycles. The summed E-state index contributed by atoms with van der Waals surface area (Å²) in [5.74, 6) is -0.807. The Morgan fingerprint density at radius 3 is 2.48 bits per heavy atom. The molecule has 0 fully saturated rings. The van der Waals surface area contributed by atoms with Gasteiger partial charge in [-0.15, -0.1) is 0 Å². The molecule has 3 rings (SSSR count). The number of amides is 1. The molecule has 6 heteroatoms. The maximum atomic E-state index is 14.4. The average Bonchev–Trinajstić information content (AvgIpc) is 3.10. The molecule has 1 aliphatic rings. The number of carbonyl (C=O) groups excluding carboxylic acids is 2. The van der Waals surface area contributed by atoms with Crippen molar-refractivity contribution in [3.05, 3.63) is 69.9 Å². The van der Waals surface area contributed by atoms with Crippen molar-refractivity contribution < 1.29 is 18.7 Å². The van der Waals surface area contributed by atoms with Gasteiger partial charge in [-0.2, -0.15) is 0 Å². The van der Waals surface area contributed by atoms with Gasteiger partial charge in [-0.1, -0.05) is 26.0 Å². The normalized spacial score (nSPS) is 15.5. The van der Waals surface area contributed by atoms with E-state index in [2.05, 4.69) is 0 Å². The topological polar surface area (TPSA) is 51.5 Å². The molecule has 0 unspecified atom stereocenters. The first-order valence-electron chi connectivity index (χ1n) is 10.5. The highest BCUT2D eigenvalue weighted by atomic mass is 19.1. The van der Waals surface area contributed by atoms with E-state index in [1.54, 1.807) is 43.0 Å². The maximum Gasteiger partial charge on any atom is 0.340 e. The highest BCUT2D eigenvalue weighted by Crippen LogP contribution is 2.34. The van der Waals surface area contributed by atoms with Crippen molar-refractivity contribution >= 4 is 18.0 Å². The SMILES string of the molecule is CCOC(=O)C1=C(C)N(CC(C)C)C(=O)/C1=C\c1cc(C)n(-c2ccccc2F)c1C. The Labute approximate surface area is 182 Å². The molecule has 0 bridgehead atoms. The smallest absolute Gasteiger partial charge is 0.340 e. The highest BCUT2D eigenvalue weighted by Gasteiger charge is 2.37. The van der Waals surface area contributed by atoms with Gasteiger partial charge in [-0.25, -0.2) is 9.18 Å². The first-order chi connectivity index (χ1) is 14.7. The number of hydrogen-bond acceptors (Lipinski definition) is 3. The van der Waals surface area contributed by atoms with Crippen LogP contribution < -0.4 is 0 Å². The minimum Gasteiger partial charge on any atom is -0.462 e. The van der Waals surface area contributed by atoms with Crippen LogP contribution in [0, 0.1) is 25.6 Å². The van der Waals surface area contributed by atoms with Gasteiger partial charge in [-0.3, -0.25) is 4.79 Å². The molecule has 1 aliphatic heterocycles. The third kappa shape index (κ3) is 4.20. The van der Waals surface area contributed by atoms with Crippen LogP contribution in [0.4, 0.5) is 4.39 Å². The van der Waals surface area contributed by atoms with Crippen LogP contribution in [0.3, 0.4) is 0 Å². The van der Waals surface area contributed by atoms with Crippen molar-refractivity contribution in [2.75, 3.05) is 13.2 Å². The van der Waals surface area contributed by atoms with Gasteiger partial charge in [0.1, 0.15) is 5.82 Å². The lowest BCUT2D eigenvalue weighted by atomic mass is 10.0. The van der Waals surface area contributed by atoms with E-state index in [4.69, 9.17) is 4.74 Å². The number of benzene rings is 1. The fourth-order valence-electron chi connectivity index (χ4n) is 4.01. The second-order valence-electron chi connectivity index (χ2n) is 8.16. The van der Waals surface area contributed by atoms with Crippen LogP contribution in [0.5, 0.6) is 0 Å². The summed E-state index contributed by atoms with van der Waals surface area (Å²) in [4.78, 5) is 27.6. The Morgan fingerprint density at radius 1 is 1.19 bits per heavy atom. The van der Waals surface area contributed by atoms with Crippen molar-refractivity contribution in [2.24, 2.45) is 5.92 Å². The number of allylic oxidation sites excluding steroid dienone is 1. The number of nitrogens with zero attached hydrogens (tertiary/aromatic N) is 2. The lowest BCUT2D eigenvalue weighted by Crippen LogP contribution is -2.28. The Balaban J connectivity index is 2.13. The Kier molecular flexibility index (Phi) is 6.48. The summed E-state index contributed by atoms with van der Waals surface area (Å²) in [5.41, 5.74) is 4.02. The minimum atomic E-state index is -0.506. The number of aromatic nitrogens is 1. The molecule has 0 saturated carbocycles. The molecular weight excluding hydrogens is 395 g/mol. The van der Waals surface area contributed by atoms with E-state index in [0.717, 1.165) is 17.0 Å². The number of esters is 1. The van der Waals surface area contributed by atoms with E-state index in [1.165, 1.54) is 6.07 Å². The number of ether oxygens (including phenoxy) is 1. The monoisotopic (exact) mass is 424 g/mol. The molecule has 0 atom stereocenters. The summed E-state index contributed by atoms with van der Waals surface area (Å²) in [6, 6.07) is 8.46. The molecule has 0 radical (unpaired) electrons. The first kappa shape index (κ1) is 22.5. The van der Waals surface area contributed by atoms with Gasteiger partial charge >= 0.3 is 5.97 Å². The predicted molar refractivity (Wildman–Crippen MR) is 119 cm³/mol. The summed E-state index contributed by atoms with van der Waals surface area (Å²) in [5, 5.41) is 0. The van der Waals surface area contributed by atoms with Gasteiger partial charge in [0, 0.05) is 23.6 Å². The van der Waals surface area contributed by atoms with Gasteiger partial charge in [0.05, 0.1) is 23.4 Å². The number of rotatable bonds is 6. The van der Waals surface area contributed by atoms with Crippen LogP contribution in [0.2, 0.25) is 0 Å². The predicted octanol–water partition coefficient (Wildman–Crippen LogP) is 4.95. The molecule has 5 nitrogen and oxygen atoms in total. The molecule has 2 heterocycles. The van der Waals surface area contributed by atoms with Crippen LogP contribution in [0.25, 0.3) is 11.8 Å². The summed E-state index contributed by atoms with van der Waals surface area (Å²) >= 11 is 0. The molecular formula is C25H29FN2O3. The first-order valence-corrected chi connectivity index (χ1v) is 10.5. The van der Waals surface area contributed by atoms with Crippen LogP contribution >= 0.6 is 0 Å². The summed E-state index contributed by atoms with van der Waals surface area (Å²) in [6.45, 7) is 12.1. The fourth-order valence-corrected chi connectivity index (χ4v) is 4.01. The standard InChI is InChI=1S/C25H29FN2O3/c1-7-31-25(30)23-18(6)27(14-15(2)3)24(29)20(23)13-19-12-16(4)28(17(19)5)22-11-9-8-10-21(22)26/h8-13,15H,7,14H2,1-6H3/b20-13-. The summed E-state index contributed by atoms with van der Waals surface area (Å²) < 4.78 is 21.5. The molecule has 164 valence electrons. The molecule has 0 saturated heterocycles. The van der Waals surface area contributed by atoms with Gasteiger partial charge < -0.3 is 14.2 Å². The number of halogens is 1. The third-order valence-electron chi connectivity index (χ3n) is 5.40. The van der Waals surface area contributed by atoms with Crippen LogP contribution in [-0.2, 0) is 14.3 Å². The molecule has 1 aromatic heterocycles. The molecule has 0 N–H and O–H groups in total. The van der Waals surface area contributed by atoms with E-state index >= 15 is 0 Å². The van der Waals surface area contributed by atoms with Gasteiger partial charge in [0.2, 0.25) is 0 Å².